The van der Waals surface area contributed by atoms with Crippen molar-refractivity contribution in [3.8, 4) is 0 Å². The molecular formula is C11H13F2NO3S. The van der Waals surface area contributed by atoms with Gasteiger partial charge in [0.15, 0.2) is 0 Å². The number of benzene rings is 1. The van der Waals surface area contributed by atoms with Gasteiger partial charge in [0.25, 0.3) is 0 Å². The zero-order valence-corrected chi connectivity index (χ0v) is 10.7. The molecule has 0 spiro atoms. The zero-order valence-electron chi connectivity index (χ0n) is 9.85. The fourth-order valence-corrected chi connectivity index (χ4v) is 2.08. The maximum atomic E-state index is 12.5. The van der Waals surface area contributed by atoms with Crippen LogP contribution in [0.4, 0.5) is 14.5 Å². The van der Waals surface area contributed by atoms with Crippen molar-refractivity contribution >= 4 is 21.4 Å². The molecule has 0 aromatic heterocycles. The molecule has 1 rings (SSSR count). The summed E-state index contributed by atoms with van der Waals surface area (Å²) in [5, 5.41) is 2.32. The molecule has 0 saturated carbocycles. The van der Waals surface area contributed by atoms with Crippen molar-refractivity contribution in [3.63, 3.8) is 0 Å². The van der Waals surface area contributed by atoms with Crippen LogP contribution in [0.5, 0.6) is 0 Å². The van der Waals surface area contributed by atoms with E-state index in [0.717, 1.165) is 6.07 Å². The van der Waals surface area contributed by atoms with E-state index in [1.807, 2.05) is 0 Å². The molecule has 0 unspecified atom stereocenters. The van der Waals surface area contributed by atoms with E-state index in [1.54, 1.807) is 13.8 Å². The van der Waals surface area contributed by atoms with Gasteiger partial charge in [-0.15, -0.1) is 0 Å². The number of halogens is 2. The molecule has 0 fully saturated rings. The Kier molecular flexibility index (Phi) is 4.39. The normalized spacial score (nSPS) is 11.9. The van der Waals surface area contributed by atoms with Crippen LogP contribution in [0.15, 0.2) is 29.2 Å². The van der Waals surface area contributed by atoms with Crippen LogP contribution in [0.1, 0.15) is 13.8 Å². The molecule has 7 heteroatoms. The van der Waals surface area contributed by atoms with E-state index in [-0.39, 0.29) is 11.6 Å². The van der Waals surface area contributed by atoms with E-state index in [0.29, 0.717) is 0 Å². The first-order valence-electron chi connectivity index (χ1n) is 5.18. The maximum absolute atomic E-state index is 12.5. The molecule has 0 atom stereocenters. The standard InChI is InChI=1S/C11H13F2NO3S/c1-7(2)10(15)14-8-5-3-4-6-9(8)18(16,17)11(12)13/h3-7,11H,1-2H3,(H,14,15). The predicted octanol–water partition coefficient (Wildman–Crippen LogP) is 2.28. The number of sulfone groups is 1. The Morgan fingerprint density at radius 1 is 1.22 bits per heavy atom. The van der Waals surface area contributed by atoms with Gasteiger partial charge in [-0.2, -0.15) is 8.78 Å². The summed E-state index contributed by atoms with van der Waals surface area (Å²) in [5.74, 6) is -4.34. The number of carbonyl (C=O) groups excluding carboxylic acids is 1. The average molecular weight is 277 g/mol. The number of hydrogen-bond donors (Lipinski definition) is 1. The van der Waals surface area contributed by atoms with Crippen LogP contribution in [0.3, 0.4) is 0 Å². The number of amides is 1. The lowest BCUT2D eigenvalue weighted by Gasteiger charge is -2.12. The Bertz CT molecular complexity index is 541. The Morgan fingerprint density at radius 2 is 1.78 bits per heavy atom. The topological polar surface area (TPSA) is 63.2 Å². The van der Waals surface area contributed by atoms with Gasteiger partial charge in [-0.05, 0) is 12.1 Å². The highest BCUT2D eigenvalue weighted by molar-refractivity contribution is 7.91. The van der Waals surface area contributed by atoms with Gasteiger partial charge in [0.1, 0.15) is 0 Å². The van der Waals surface area contributed by atoms with Crippen molar-refractivity contribution in [2.24, 2.45) is 5.92 Å². The second kappa shape index (κ2) is 5.43. The minimum absolute atomic E-state index is 0.128. The van der Waals surface area contributed by atoms with Crippen molar-refractivity contribution in [2.45, 2.75) is 24.5 Å². The monoisotopic (exact) mass is 277 g/mol. The van der Waals surface area contributed by atoms with E-state index in [1.165, 1.54) is 18.2 Å². The van der Waals surface area contributed by atoms with Crippen LogP contribution in [0.25, 0.3) is 0 Å². The van der Waals surface area contributed by atoms with E-state index in [9.17, 15) is 22.0 Å². The number of rotatable bonds is 4. The molecule has 1 amide bonds. The van der Waals surface area contributed by atoms with Gasteiger partial charge in [0.2, 0.25) is 15.7 Å². The molecule has 1 aromatic rings. The summed E-state index contributed by atoms with van der Waals surface area (Å²) in [6, 6.07) is 5.09. The largest absolute Gasteiger partial charge is 0.341 e. The molecule has 0 aliphatic rings. The van der Waals surface area contributed by atoms with Crippen LogP contribution in [-0.2, 0) is 14.6 Å². The van der Waals surface area contributed by atoms with Crippen LogP contribution in [-0.4, -0.2) is 20.1 Å². The number of para-hydroxylation sites is 1. The van der Waals surface area contributed by atoms with Crippen molar-refractivity contribution in [1.29, 1.82) is 0 Å². The minimum Gasteiger partial charge on any atom is -0.325 e. The average Bonchev–Trinajstić information content (AvgIpc) is 2.29. The second-order valence-corrected chi connectivity index (χ2v) is 5.83. The summed E-state index contributed by atoms with van der Waals surface area (Å²) in [5.41, 5.74) is -0.128. The number of nitrogens with one attached hydrogen (secondary N) is 1. The van der Waals surface area contributed by atoms with Gasteiger partial charge in [0, 0.05) is 5.92 Å². The van der Waals surface area contributed by atoms with Gasteiger partial charge >= 0.3 is 5.76 Å². The quantitative estimate of drug-likeness (QED) is 0.918. The summed E-state index contributed by atoms with van der Waals surface area (Å²) in [6.07, 6.45) is 0. The third kappa shape index (κ3) is 3.04. The van der Waals surface area contributed by atoms with Crippen LogP contribution < -0.4 is 5.32 Å². The van der Waals surface area contributed by atoms with Crippen molar-refractivity contribution in [1.82, 2.24) is 0 Å². The fourth-order valence-electron chi connectivity index (χ4n) is 1.19. The first-order valence-corrected chi connectivity index (χ1v) is 6.73. The Hall–Kier alpha value is -1.50. The van der Waals surface area contributed by atoms with Gasteiger partial charge in [-0.25, -0.2) is 8.42 Å². The molecule has 18 heavy (non-hydrogen) atoms. The highest BCUT2D eigenvalue weighted by Gasteiger charge is 2.29. The lowest BCUT2D eigenvalue weighted by molar-refractivity contribution is -0.118. The van der Waals surface area contributed by atoms with Gasteiger partial charge in [-0.1, -0.05) is 26.0 Å². The Labute approximate surface area is 104 Å². The fraction of sp³-hybridized carbons (Fsp3) is 0.364. The third-order valence-electron chi connectivity index (χ3n) is 2.21. The van der Waals surface area contributed by atoms with Crippen LogP contribution in [0, 0.1) is 5.92 Å². The number of anilines is 1. The predicted molar refractivity (Wildman–Crippen MR) is 63.1 cm³/mol. The third-order valence-corrected chi connectivity index (χ3v) is 3.65. The van der Waals surface area contributed by atoms with Crippen molar-refractivity contribution in [2.75, 3.05) is 5.32 Å². The summed E-state index contributed by atoms with van der Waals surface area (Å²) >= 11 is 0. The lowest BCUT2D eigenvalue weighted by atomic mass is 10.2. The van der Waals surface area contributed by atoms with Gasteiger partial charge in [-0.3, -0.25) is 4.79 Å². The molecule has 1 N–H and O–H groups in total. The Balaban J connectivity index is 3.20. The molecule has 1 aromatic carbocycles. The van der Waals surface area contributed by atoms with Gasteiger partial charge in [0.05, 0.1) is 10.6 Å². The summed E-state index contributed by atoms with van der Waals surface area (Å²) < 4.78 is 47.8. The molecule has 0 bridgehead atoms. The SMILES string of the molecule is CC(C)C(=O)Nc1ccccc1S(=O)(=O)C(F)F. The van der Waals surface area contributed by atoms with E-state index < -0.39 is 26.4 Å². The molecule has 0 aliphatic heterocycles. The highest BCUT2D eigenvalue weighted by Crippen LogP contribution is 2.26. The molecular weight excluding hydrogens is 264 g/mol. The van der Waals surface area contributed by atoms with Crippen LogP contribution >= 0.6 is 0 Å². The molecule has 0 saturated heterocycles. The number of carbonyl (C=O) groups is 1. The maximum Gasteiger partial charge on any atom is 0.341 e. The van der Waals surface area contributed by atoms with Crippen molar-refractivity contribution < 1.29 is 22.0 Å². The second-order valence-electron chi connectivity index (χ2n) is 3.95. The highest BCUT2D eigenvalue weighted by atomic mass is 32.2. The molecule has 4 nitrogen and oxygen atoms in total. The minimum atomic E-state index is -4.73. The molecule has 0 radical (unpaired) electrons. The summed E-state index contributed by atoms with van der Waals surface area (Å²) in [4.78, 5) is 10.9. The zero-order chi connectivity index (χ0) is 13.9. The molecule has 100 valence electrons. The number of hydrogen-bond acceptors (Lipinski definition) is 3. The smallest absolute Gasteiger partial charge is 0.325 e. The summed E-state index contributed by atoms with van der Waals surface area (Å²) in [6.45, 7) is 3.22. The van der Waals surface area contributed by atoms with E-state index in [4.69, 9.17) is 0 Å². The van der Waals surface area contributed by atoms with E-state index >= 15 is 0 Å². The van der Waals surface area contributed by atoms with Crippen LogP contribution in [0.2, 0.25) is 0 Å². The Morgan fingerprint density at radius 3 is 2.28 bits per heavy atom. The molecule has 0 aliphatic carbocycles. The lowest BCUT2D eigenvalue weighted by Crippen LogP contribution is -2.21. The number of alkyl halides is 2. The van der Waals surface area contributed by atoms with Crippen molar-refractivity contribution in [3.05, 3.63) is 24.3 Å². The molecule has 0 heterocycles. The van der Waals surface area contributed by atoms with E-state index in [2.05, 4.69) is 5.32 Å². The first kappa shape index (κ1) is 14.6. The van der Waals surface area contributed by atoms with Gasteiger partial charge < -0.3 is 5.32 Å². The summed E-state index contributed by atoms with van der Waals surface area (Å²) in [7, 11) is -4.73. The first-order chi connectivity index (χ1) is 8.26.